The minimum absolute atomic E-state index is 0.0510. The summed E-state index contributed by atoms with van der Waals surface area (Å²) < 4.78 is 66.5. The van der Waals surface area contributed by atoms with E-state index in [-0.39, 0.29) is 23.5 Å². The number of carboxylic acids is 1. The van der Waals surface area contributed by atoms with Gasteiger partial charge in [0.25, 0.3) is 5.91 Å². The molecule has 1 amide bonds. The van der Waals surface area contributed by atoms with E-state index in [0.29, 0.717) is 78.8 Å². The van der Waals surface area contributed by atoms with Crippen LogP contribution >= 0.6 is 24.0 Å². The lowest BCUT2D eigenvalue weighted by molar-refractivity contribution is -0.138. The largest absolute Gasteiger partial charge is 0.492 e. The molecule has 13 heteroatoms. The molecule has 0 radical (unpaired) electrons. The number of amides is 1. The molecule has 0 aliphatic carbocycles. The summed E-state index contributed by atoms with van der Waals surface area (Å²) >= 11 is 6.49. The molecule has 2 saturated heterocycles. The fourth-order valence-corrected chi connectivity index (χ4v) is 5.85. The number of aliphatic carboxylic acids is 1. The minimum atomic E-state index is -4.64. The van der Waals surface area contributed by atoms with Crippen LogP contribution in [0.25, 0.3) is 17.2 Å². The van der Waals surface area contributed by atoms with Crippen LogP contribution in [0.5, 0.6) is 5.75 Å². The predicted octanol–water partition coefficient (Wildman–Crippen LogP) is 6.07. The van der Waals surface area contributed by atoms with E-state index in [0.717, 1.165) is 37.0 Å². The van der Waals surface area contributed by atoms with Crippen molar-refractivity contribution in [2.75, 3.05) is 46.0 Å². The third kappa shape index (κ3) is 8.52. The first kappa shape index (κ1) is 31.9. The van der Waals surface area contributed by atoms with Crippen molar-refractivity contribution in [1.29, 1.82) is 0 Å². The van der Waals surface area contributed by atoms with E-state index in [2.05, 4.69) is 4.90 Å². The monoisotopic (exact) mass is 626 g/mol. The molecular weight excluding hydrogens is 596 g/mol. The lowest BCUT2D eigenvalue weighted by Crippen LogP contribution is -2.38. The molecule has 226 valence electrons. The maximum absolute atomic E-state index is 14.7. The molecule has 2 aromatic rings. The fourth-order valence-electron chi connectivity index (χ4n) is 4.55. The molecule has 0 atom stereocenters. The van der Waals surface area contributed by atoms with Crippen molar-refractivity contribution < 1.29 is 41.7 Å². The van der Waals surface area contributed by atoms with E-state index in [1.807, 2.05) is 0 Å². The number of ether oxygens (including phenoxy) is 2. The van der Waals surface area contributed by atoms with Gasteiger partial charge in [0.05, 0.1) is 23.7 Å². The van der Waals surface area contributed by atoms with Crippen molar-refractivity contribution in [1.82, 2.24) is 9.80 Å². The average molecular weight is 627 g/mol. The standard InChI is InChI=1S/C29H30F4N2O5S2/c30-23-7-6-21(29(31,32)33)18-22(23)19-5-8-24(40-15-12-34-10-13-39-14-11-34)20(16-19)17-25-27(38)35(28(41)42-25)9-3-1-2-4-26(36)37/h5-8,16-18H,1-4,9-15H2,(H,36,37). The number of morpholine rings is 1. The van der Waals surface area contributed by atoms with Gasteiger partial charge in [0.2, 0.25) is 0 Å². The van der Waals surface area contributed by atoms with Crippen molar-refractivity contribution in [3.05, 3.63) is 58.2 Å². The Balaban J connectivity index is 1.58. The minimum Gasteiger partial charge on any atom is -0.492 e. The van der Waals surface area contributed by atoms with Crippen LogP contribution in [-0.2, 0) is 20.5 Å². The van der Waals surface area contributed by atoms with E-state index in [9.17, 15) is 27.2 Å². The molecule has 0 aromatic heterocycles. The zero-order valence-electron chi connectivity index (χ0n) is 22.6. The Morgan fingerprint density at radius 1 is 1.10 bits per heavy atom. The van der Waals surface area contributed by atoms with Gasteiger partial charge >= 0.3 is 12.1 Å². The van der Waals surface area contributed by atoms with Crippen LogP contribution in [0.1, 0.15) is 36.8 Å². The van der Waals surface area contributed by atoms with Crippen LogP contribution in [0, 0.1) is 5.82 Å². The summed E-state index contributed by atoms with van der Waals surface area (Å²) in [6.07, 6.45) is -1.35. The highest BCUT2D eigenvalue weighted by molar-refractivity contribution is 8.26. The zero-order valence-corrected chi connectivity index (χ0v) is 24.3. The van der Waals surface area contributed by atoms with Gasteiger partial charge in [0.15, 0.2) is 0 Å². The molecule has 2 aromatic carbocycles. The summed E-state index contributed by atoms with van der Waals surface area (Å²) in [6.45, 7) is 4.06. The van der Waals surface area contributed by atoms with Gasteiger partial charge in [-0.2, -0.15) is 13.2 Å². The summed E-state index contributed by atoms with van der Waals surface area (Å²) in [4.78, 5) is 27.8. The normalized spacial score (nSPS) is 17.3. The predicted molar refractivity (Wildman–Crippen MR) is 156 cm³/mol. The molecule has 0 unspecified atom stereocenters. The van der Waals surface area contributed by atoms with Gasteiger partial charge in [-0.15, -0.1) is 0 Å². The van der Waals surface area contributed by atoms with Gasteiger partial charge in [-0.1, -0.05) is 36.5 Å². The maximum Gasteiger partial charge on any atom is 0.416 e. The highest BCUT2D eigenvalue weighted by atomic mass is 32.2. The van der Waals surface area contributed by atoms with Gasteiger partial charge in [0.1, 0.15) is 22.5 Å². The van der Waals surface area contributed by atoms with Crippen molar-refractivity contribution in [3.8, 4) is 16.9 Å². The number of alkyl halides is 3. The number of thioether (sulfide) groups is 1. The molecule has 42 heavy (non-hydrogen) atoms. The quantitative estimate of drug-likeness (QED) is 0.132. The Morgan fingerprint density at radius 3 is 2.57 bits per heavy atom. The number of hydrogen-bond donors (Lipinski definition) is 1. The Hall–Kier alpha value is -3.00. The molecule has 2 fully saturated rings. The van der Waals surface area contributed by atoms with Gasteiger partial charge in [-0.3, -0.25) is 19.4 Å². The van der Waals surface area contributed by atoms with E-state index < -0.39 is 23.5 Å². The molecule has 2 aliphatic rings. The van der Waals surface area contributed by atoms with Crippen LogP contribution in [-0.4, -0.2) is 77.1 Å². The second-order valence-electron chi connectivity index (χ2n) is 9.79. The summed E-state index contributed by atoms with van der Waals surface area (Å²) in [5, 5.41) is 8.80. The van der Waals surface area contributed by atoms with Crippen LogP contribution in [0.2, 0.25) is 0 Å². The van der Waals surface area contributed by atoms with Crippen LogP contribution in [0.4, 0.5) is 17.6 Å². The first-order valence-corrected chi connectivity index (χ1v) is 14.7. The number of unbranched alkanes of at least 4 members (excludes halogenated alkanes) is 2. The SMILES string of the molecule is O=C(O)CCCCCN1C(=O)C(=Cc2cc(-c3cc(C(F)(F)F)ccc3F)ccc2OCCN2CCOCC2)SC1=S. The van der Waals surface area contributed by atoms with E-state index in [4.69, 9.17) is 26.8 Å². The first-order valence-electron chi connectivity index (χ1n) is 13.4. The first-order chi connectivity index (χ1) is 20.0. The Labute approximate surface area is 250 Å². The topological polar surface area (TPSA) is 79.3 Å². The van der Waals surface area contributed by atoms with E-state index >= 15 is 0 Å². The second kappa shape index (κ2) is 14.5. The average Bonchev–Trinajstić information content (AvgIpc) is 3.21. The zero-order chi connectivity index (χ0) is 30.3. The number of carboxylic acid groups (broad SMARTS) is 1. The van der Waals surface area contributed by atoms with Crippen molar-refractivity contribution >= 4 is 46.3 Å². The number of carbonyl (C=O) groups is 2. The van der Waals surface area contributed by atoms with E-state index in [1.165, 1.54) is 17.0 Å². The van der Waals surface area contributed by atoms with Crippen molar-refractivity contribution in [3.63, 3.8) is 0 Å². The molecule has 0 spiro atoms. The van der Waals surface area contributed by atoms with Crippen molar-refractivity contribution in [2.45, 2.75) is 31.9 Å². The highest BCUT2D eigenvalue weighted by Crippen LogP contribution is 2.38. The molecule has 7 nitrogen and oxygen atoms in total. The summed E-state index contributed by atoms with van der Waals surface area (Å²) in [6, 6.07) is 6.78. The Morgan fingerprint density at radius 2 is 1.86 bits per heavy atom. The lowest BCUT2D eigenvalue weighted by Gasteiger charge is -2.26. The second-order valence-corrected chi connectivity index (χ2v) is 11.5. The lowest BCUT2D eigenvalue weighted by atomic mass is 9.99. The summed E-state index contributed by atoms with van der Waals surface area (Å²) in [5.41, 5.74) is -0.615. The molecular formula is C29H30F4N2O5S2. The third-order valence-electron chi connectivity index (χ3n) is 6.82. The smallest absolute Gasteiger partial charge is 0.416 e. The van der Waals surface area contributed by atoms with Gasteiger partial charge < -0.3 is 14.6 Å². The Kier molecular flexibility index (Phi) is 11.0. The maximum atomic E-state index is 14.7. The third-order valence-corrected chi connectivity index (χ3v) is 8.19. The molecule has 4 rings (SSSR count). The number of rotatable bonds is 12. The van der Waals surface area contributed by atoms with Gasteiger partial charge in [-0.05, 0) is 54.8 Å². The van der Waals surface area contributed by atoms with Crippen LogP contribution < -0.4 is 4.74 Å². The number of halogens is 4. The molecule has 2 aliphatic heterocycles. The van der Waals surface area contributed by atoms with E-state index in [1.54, 1.807) is 12.1 Å². The molecule has 0 bridgehead atoms. The van der Waals surface area contributed by atoms with Crippen LogP contribution in [0.3, 0.4) is 0 Å². The van der Waals surface area contributed by atoms with Crippen molar-refractivity contribution in [2.24, 2.45) is 0 Å². The molecule has 2 heterocycles. The molecule has 1 N–H and O–H groups in total. The highest BCUT2D eigenvalue weighted by Gasteiger charge is 2.33. The number of nitrogens with zero attached hydrogens (tertiary/aromatic N) is 2. The summed E-state index contributed by atoms with van der Waals surface area (Å²) in [5.74, 6) is -1.64. The Bertz CT molecular complexity index is 1350. The summed E-state index contributed by atoms with van der Waals surface area (Å²) in [7, 11) is 0. The van der Waals surface area contributed by atoms with Gasteiger partial charge in [-0.25, -0.2) is 4.39 Å². The number of thiocarbonyl (C=S) groups is 1. The van der Waals surface area contributed by atoms with Crippen LogP contribution in [0.15, 0.2) is 41.3 Å². The number of carbonyl (C=O) groups excluding carboxylic acids is 1. The molecule has 0 saturated carbocycles. The number of hydrogen-bond acceptors (Lipinski definition) is 7. The number of benzene rings is 2. The fraction of sp³-hybridized carbons (Fsp3) is 0.414. The van der Waals surface area contributed by atoms with Gasteiger partial charge in [0, 0.05) is 43.7 Å².